The molecule has 1 amide bonds. The number of nitrogens with two attached hydrogens (primary N) is 1. The molecule has 0 saturated carbocycles. The second-order valence-electron chi connectivity index (χ2n) is 5.72. The number of nitrogens with zero attached hydrogens (tertiary/aromatic N) is 6. The largest absolute Gasteiger partial charge is 0.488 e. The van der Waals surface area contributed by atoms with E-state index in [-0.39, 0.29) is 24.8 Å². The van der Waals surface area contributed by atoms with Gasteiger partial charge in [-0.2, -0.15) is 9.90 Å². The summed E-state index contributed by atoms with van der Waals surface area (Å²) in [6.07, 6.45) is 1.44. The van der Waals surface area contributed by atoms with E-state index in [4.69, 9.17) is 10.5 Å². The fraction of sp³-hybridized carbons (Fsp3) is 0.118. The lowest BCUT2D eigenvalue weighted by Crippen LogP contribution is -2.24. The molecular weight excluding hydrogens is 380 g/mol. The number of hydrazone groups is 1. The van der Waals surface area contributed by atoms with Crippen LogP contribution in [0.3, 0.4) is 0 Å². The molecule has 0 aliphatic rings. The lowest BCUT2D eigenvalue weighted by atomic mass is 10.2. The zero-order valence-electron chi connectivity index (χ0n) is 15.0. The molecule has 0 aliphatic carbocycles. The highest BCUT2D eigenvalue weighted by molar-refractivity contribution is 5.85. The fourth-order valence-electron chi connectivity index (χ4n) is 2.25. The van der Waals surface area contributed by atoms with Crippen LogP contribution in [0.1, 0.15) is 11.1 Å². The lowest BCUT2D eigenvalue weighted by molar-refractivity contribution is -0.384. The standard InChI is InChI=1S/C17H16N8O4/c18-17-21-23-24(22-17)10-16(26)20-19-9-13-3-1-2-4-15(13)29-11-12-5-7-14(8-6-12)25(27)28/h1-9H,10-11H2,(H2,18,22)(H,20,26)/b19-9-. The van der Waals surface area contributed by atoms with Crippen LogP contribution in [0.5, 0.6) is 5.75 Å². The predicted octanol–water partition coefficient (Wildman–Crippen LogP) is 0.893. The third-order valence-electron chi connectivity index (χ3n) is 3.61. The fourth-order valence-corrected chi connectivity index (χ4v) is 2.25. The molecule has 2 aromatic carbocycles. The summed E-state index contributed by atoms with van der Waals surface area (Å²) in [4.78, 5) is 23.1. The lowest BCUT2D eigenvalue weighted by Gasteiger charge is -2.09. The number of tetrazole rings is 1. The summed E-state index contributed by atoms with van der Waals surface area (Å²) in [7, 11) is 0. The minimum Gasteiger partial charge on any atom is -0.488 e. The first-order valence-electron chi connectivity index (χ1n) is 8.31. The highest BCUT2D eigenvalue weighted by Crippen LogP contribution is 2.19. The molecule has 29 heavy (non-hydrogen) atoms. The number of nitro groups is 1. The van der Waals surface area contributed by atoms with Gasteiger partial charge in [0.25, 0.3) is 17.5 Å². The first kappa shape index (κ1) is 19.4. The molecular formula is C17H16N8O4. The number of hydrogen-bond donors (Lipinski definition) is 2. The number of benzene rings is 2. The summed E-state index contributed by atoms with van der Waals surface area (Å²) in [6.45, 7) is 0.0361. The van der Waals surface area contributed by atoms with Gasteiger partial charge in [0.15, 0.2) is 0 Å². The van der Waals surface area contributed by atoms with Crippen molar-refractivity contribution in [3.05, 3.63) is 69.8 Å². The maximum absolute atomic E-state index is 11.8. The number of carbonyl (C=O) groups excluding carboxylic acids is 1. The number of carbonyl (C=O) groups is 1. The Morgan fingerprint density at radius 1 is 1.28 bits per heavy atom. The maximum atomic E-state index is 11.8. The third-order valence-corrected chi connectivity index (χ3v) is 3.61. The van der Waals surface area contributed by atoms with E-state index in [1.807, 2.05) is 0 Å². The summed E-state index contributed by atoms with van der Waals surface area (Å²) in [5.74, 6) is 0.0536. The molecule has 0 aliphatic heterocycles. The van der Waals surface area contributed by atoms with Crippen LogP contribution in [-0.2, 0) is 17.9 Å². The first-order chi connectivity index (χ1) is 14.0. The van der Waals surface area contributed by atoms with Crippen LogP contribution in [0, 0.1) is 10.1 Å². The number of nitro benzene ring substituents is 1. The van der Waals surface area contributed by atoms with Crippen LogP contribution >= 0.6 is 0 Å². The Labute approximate surface area is 164 Å². The van der Waals surface area contributed by atoms with Crippen LogP contribution in [0.4, 0.5) is 11.6 Å². The highest BCUT2D eigenvalue weighted by atomic mass is 16.6. The van der Waals surface area contributed by atoms with Crippen molar-refractivity contribution in [2.45, 2.75) is 13.2 Å². The molecule has 1 heterocycles. The topological polar surface area (TPSA) is 163 Å². The molecule has 0 atom stereocenters. The Morgan fingerprint density at radius 3 is 2.72 bits per heavy atom. The minimum absolute atomic E-state index is 0.0146. The van der Waals surface area contributed by atoms with Crippen LogP contribution in [0.2, 0.25) is 0 Å². The van der Waals surface area contributed by atoms with E-state index in [2.05, 4.69) is 25.9 Å². The number of rotatable bonds is 8. The molecule has 3 aromatic rings. The van der Waals surface area contributed by atoms with Gasteiger partial charge in [-0.25, -0.2) is 5.43 Å². The Kier molecular flexibility index (Phi) is 6.05. The number of anilines is 1. The van der Waals surface area contributed by atoms with Crippen molar-refractivity contribution in [1.82, 2.24) is 25.6 Å². The number of nitrogens with one attached hydrogen (secondary N) is 1. The average Bonchev–Trinajstić information content (AvgIpc) is 3.12. The van der Waals surface area contributed by atoms with Gasteiger partial charge in [0, 0.05) is 17.7 Å². The monoisotopic (exact) mass is 396 g/mol. The van der Waals surface area contributed by atoms with Crippen LogP contribution in [-0.4, -0.2) is 37.3 Å². The summed E-state index contributed by atoms with van der Waals surface area (Å²) in [6, 6.07) is 13.2. The minimum atomic E-state index is -0.460. The maximum Gasteiger partial charge on any atom is 0.269 e. The van der Waals surface area contributed by atoms with Crippen molar-refractivity contribution in [2.24, 2.45) is 5.10 Å². The highest BCUT2D eigenvalue weighted by Gasteiger charge is 2.07. The number of nitrogen functional groups attached to an aromatic ring is 1. The molecule has 0 unspecified atom stereocenters. The Balaban J connectivity index is 1.57. The van der Waals surface area contributed by atoms with E-state index >= 15 is 0 Å². The molecule has 0 bridgehead atoms. The molecule has 3 rings (SSSR count). The van der Waals surface area contributed by atoms with Gasteiger partial charge in [0.1, 0.15) is 18.9 Å². The third kappa shape index (κ3) is 5.56. The van der Waals surface area contributed by atoms with Crippen molar-refractivity contribution in [3.8, 4) is 5.75 Å². The second kappa shape index (κ2) is 9.03. The van der Waals surface area contributed by atoms with Crippen molar-refractivity contribution in [2.75, 3.05) is 5.73 Å². The van der Waals surface area contributed by atoms with Gasteiger partial charge in [0.05, 0.1) is 11.1 Å². The summed E-state index contributed by atoms with van der Waals surface area (Å²) < 4.78 is 5.76. The number of non-ortho nitro benzene ring substituents is 1. The van der Waals surface area contributed by atoms with Crippen molar-refractivity contribution < 1.29 is 14.5 Å². The van der Waals surface area contributed by atoms with E-state index in [1.54, 1.807) is 36.4 Å². The van der Waals surface area contributed by atoms with E-state index in [0.29, 0.717) is 11.3 Å². The Hall–Kier alpha value is -4.35. The molecule has 12 heteroatoms. The number of para-hydroxylation sites is 1. The SMILES string of the molecule is Nc1nnn(CC(=O)N/N=C\c2ccccc2OCc2ccc([N+](=O)[O-])cc2)n1. The molecule has 148 valence electrons. The van der Waals surface area contributed by atoms with Gasteiger partial charge in [-0.15, -0.1) is 5.10 Å². The van der Waals surface area contributed by atoms with E-state index in [9.17, 15) is 14.9 Å². The zero-order chi connectivity index (χ0) is 20.6. The van der Waals surface area contributed by atoms with Crippen molar-refractivity contribution in [1.29, 1.82) is 0 Å². The first-order valence-corrected chi connectivity index (χ1v) is 8.31. The van der Waals surface area contributed by atoms with Gasteiger partial charge >= 0.3 is 0 Å². The molecule has 3 N–H and O–H groups in total. The molecule has 0 spiro atoms. The molecule has 0 radical (unpaired) electrons. The molecule has 0 fully saturated rings. The van der Waals surface area contributed by atoms with Crippen LogP contribution < -0.4 is 15.9 Å². The molecule has 12 nitrogen and oxygen atoms in total. The Morgan fingerprint density at radius 2 is 2.03 bits per heavy atom. The normalized spacial score (nSPS) is 10.8. The number of amides is 1. The van der Waals surface area contributed by atoms with E-state index in [1.165, 1.54) is 18.3 Å². The van der Waals surface area contributed by atoms with Gasteiger partial charge in [0.2, 0.25) is 0 Å². The number of aromatic nitrogens is 4. The summed E-state index contributed by atoms with van der Waals surface area (Å²) in [5.41, 5.74) is 9.10. The summed E-state index contributed by atoms with van der Waals surface area (Å²) >= 11 is 0. The van der Waals surface area contributed by atoms with E-state index in [0.717, 1.165) is 10.4 Å². The van der Waals surface area contributed by atoms with Gasteiger partial charge in [-0.3, -0.25) is 14.9 Å². The van der Waals surface area contributed by atoms with E-state index < -0.39 is 10.8 Å². The van der Waals surface area contributed by atoms with Gasteiger partial charge in [-0.1, -0.05) is 17.2 Å². The number of ether oxygens (including phenoxy) is 1. The van der Waals surface area contributed by atoms with Crippen LogP contribution in [0.15, 0.2) is 53.6 Å². The van der Waals surface area contributed by atoms with Gasteiger partial charge in [-0.05, 0) is 35.0 Å². The average molecular weight is 396 g/mol. The van der Waals surface area contributed by atoms with Crippen LogP contribution in [0.25, 0.3) is 0 Å². The Bertz CT molecular complexity index is 1030. The van der Waals surface area contributed by atoms with Gasteiger partial charge < -0.3 is 10.5 Å². The van der Waals surface area contributed by atoms with Crippen molar-refractivity contribution in [3.63, 3.8) is 0 Å². The number of hydrogen-bond acceptors (Lipinski definition) is 9. The zero-order valence-corrected chi connectivity index (χ0v) is 15.0. The predicted molar refractivity (Wildman–Crippen MR) is 102 cm³/mol. The molecule has 1 aromatic heterocycles. The summed E-state index contributed by atoms with van der Waals surface area (Å²) in [5, 5.41) is 25.3. The molecule has 0 saturated heterocycles. The quantitative estimate of drug-likeness (QED) is 0.322. The second-order valence-corrected chi connectivity index (χ2v) is 5.72. The smallest absolute Gasteiger partial charge is 0.269 e. The van der Waals surface area contributed by atoms with Crippen molar-refractivity contribution >= 4 is 23.8 Å².